The van der Waals surface area contributed by atoms with E-state index in [-0.39, 0.29) is 11.8 Å². The summed E-state index contributed by atoms with van der Waals surface area (Å²) in [5.41, 5.74) is 2.20. The van der Waals surface area contributed by atoms with Gasteiger partial charge < -0.3 is 15.4 Å². The monoisotopic (exact) mass is 340 g/mol. The molecule has 0 unspecified atom stereocenters. The lowest BCUT2D eigenvalue weighted by Gasteiger charge is -2.12. The normalized spacial score (nSPS) is 10.2. The summed E-state index contributed by atoms with van der Waals surface area (Å²) in [7, 11) is 0. The number of ether oxygens (including phenoxy) is 1. The van der Waals surface area contributed by atoms with Gasteiger partial charge in [-0.05, 0) is 31.4 Å². The molecule has 128 valence electrons. The largest absolute Gasteiger partial charge is 0.493 e. The lowest BCUT2D eigenvalue weighted by atomic mass is 10.1. The summed E-state index contributed by atoms with van der Waals surface area (Å²) in [6.45, 7) is 5.36. The molecule has 0 fully saturated rings. The van der Waals surface area contributed by atoms with E-state index in [0.717, 1.165) is 16.9 Å². The number of para-hydroxylation sites is 1. The van der Waals surface area contributed by atoms with E-state index in [9.17, 15) is 9.59 Å². The van der Waals surface area contributed by atoms with Crippen molar-refractivity contribution in [3.63, 3.8) is 0 Å². The van der Waals surface area contributed by atoms with Crippen LogP contribution in [0.15, 0.2) is 18.2 Å². The summed E-state index contributed by atoms with van der Waals surface area (Å²) in [5.74, 6) is 1.06. The second-order valence-corrected chi connectivity index (χ2v) is 5.69. The van der Waals surface area contributed by atoms with Gasteiger partial charge in [0.15, 0.2) is 0 Å². The third-order valence-corrected chi connectivity index (χ3v) is 3.48. The van der Waals surface area contributed by atoms with E-state index in [0.29, 0.717) is 44.8 Å². The maximum absolute atomic E-state index is 11.7. The summed E-state index contributed by atoms with van der Waals surface area (Å²) in [4.78, 5) is 22.8. The van der Waals surface area contributed by atoms with Crippen LogP contribution < -0.4 is 15.4 Å². The third-order valence-electron chi connectivity index (χ3n) is 3.29. The molecular weight excluding hydrogens is 316 g/mol. The third kappa shape index (κ3) is 7.88. The molecule has 0 bridgehead atoms. The molecule has 0 aliphatic rings. The number of aryl methyl sites for hydroxylation is 2. The van der Waals surface area contributed by atoms with Gasteiger partial charge in [-0.15, -0.1) is 11.6 Å². The number of carbonyl (C=O) groups excluding carboxylic acids is 2. The predicted octanol–water partition coefficient (Wildman–Crippen LogP) is 2.32. The fourth-order valence-corrected chi connectivity index (χ4v) is 2.27. The van der Waals surface area contributed by atoms with E-state index >= 15 is 0 Å². The number of amides is 2. The smallest absolute Gasteiger partial charge is 0.221 e. The highest BCUT2D eigenvalue weighted by atomic mass is 35.5. The first-order chi connectivity index (χ1) is 11.0. The maximum atomic E-state index is 11.7. The molecule has 0 saturated carbocycles. The molecular formula is C17H25ClN2O3. The molecule has 5 nitrogen and oxygen atoms in total. The minimum atomic E-state index is -0.101. The van der Waals surface area contributed by atoms with Gasteiger partial charge in [0.25, 0.3) is 0 Å². The van der Waals surface area contributed by atoms with Crippen LogP contribution in [0.3, 0.4) is 0 Å². The van der Waals surface area contributed by atoms with Gasteiger partial charge in [-0.1, -0.05) is 18.2 Å². The van der Waals surface area contributed by atoms with Crippen LogP contribution in [0, 0.1) is 13.8 Å². The van der Waals surface area contributed by atoms with Gasteiger partial charge in [0.05, 0.1) is 6.61 Å². The Hall–Kier alpha value is -1.75. The van der Waals surface area contributed by atoms with Crippen LogP contribution in [0.1, 0.15) is 30.4 Å². The molecule has 2 amide bonds. The van der Waals surface area contributed by atoms with Gasteiger partial charge in [0, 0.05) is 31.8 Å². The van der Waals surface area contributed by atoms with Crippen molar-refractivity contribution in [2.24, 2.45) is 0 Å². The fourth-order valence-electron chi connectivity index (χ4n) is 2.10. The molecule has 0 aliphatic heterocycles. The number of hydrogen-bond donors (Lipinski definition) is 2. The lowest BCUT2D eigenvalue weighted by Crippen LogP contribution is -2.34. The molecule has 0 atom stereocenters. The molecule has 1 aromatic carbocycles. The molecule has 0 aliphatic carbocycles. The topological polar surface area (TPSA) is 67.4 Å². The summed E-state index contributed by atoms with van der Waals surface area (Å²) in [6, 6.07) is 6.01. The van der Waals surface area contributed by atoms with Crippen LogP contribution in [0.25, 0.3) is 0 Å². The fraction of sp³-hybridized carbons (Fsp3) is 0.529. The quantitative estimate of drug-likeness (QED) is 0.507. The Morgan fingerprint density at radius 3 is 2.17 bits per heavy atom. The predicted molar refractivity (Wildman–Crippen MR) is 92.0 cm³/mol. The highest BCUT2D eigenvalue weighted by Gasteiger charge is 2.05. The second-order valence-electron chi connectivity index (χ2n) is 5.31. The Morgan fingerprint density at radius 1 is 1.04 bits per heavy atom. The molecule has 1 aromatic rings. The lowest BCUT2D eigenvalue weighted by molar-refractivity contribution is -0.122. The van der Waals surface area contributed by atoms with E-state index in [4.69, 9.17) is 16.3 Å². The van der Waals surface area contributed by atoms with Crippen molar-refractivity contribution < 1.29 is 14.3 Å². The van der Waals surface area contributed by atoms with Crippen LogP contribution in [-0.4, -0.2) is 37.4 Å². The van der Waals surface area contributed by atoms with E-state index in [1.807, 2.05) is 32.0 Å². The Kier molecular flexibility index (Phi) is 9.14. The van der Waals surface area contributed by atoms with Gasteiger partial charge in [-0.25, -0.2) is 0 Å². The van der Waals surface area contributed by atoms with Gasteiger partial charge in [0.2, 0.25) is 11.8 Å². The first kappa shape index (κ1) is 19.3. The second kappa shape index (κ2) is 10.9. The van der Waals surface area contributed by atoms with Gasteiger partial charge >= 0.3 is 0 Å². The molecule has 0 aromatic heterocycles. The Morgan fingerprint density at radius 2 is 1.61 bits per heavy atom. The zero-order chi connectivity index (χ0) is 17.1. The van der Waals surface area contributed by atoms with Crippen molar-refractivity contribution >= 4 is 23.4 Å². The van der Waals surface area contributed by atoms with Crippen LogP contribution in [0.4, 0.5) is 0 Å². The molecule has 6 heteroatoms. The number of alkyl halides is 1. The zero-order valence-corrected chi connectivity index (χ0v) is 14.5. The zero-order valence-electron chi connectivity index (χ0n) is 13.8. The van der Waals surface area contributed by atoms with E-state index in [1.165, 1.54) is 0 Å². The number of rotatable bonds is 10. The van der Waals surface area contributed by atoms with E-state index in [1.54, 1.807) is 0 Å². The van der Waals surface area contributed by atoms with Crippen LogP contribution in [0.2, 0.25) is 0 Å². The molecule has 1 rings (SSSR count). The number of hydrogen-bond acceptors (Lipinski definition) is 3. The Balaban J connectivity index is 2.11. The van der Waals surface area contributed by atoms with Crippen molar-refractivity contribution in [1.29, 1.82) is 0 Å². The van der Waals surface area contributed by atoms with Crippen molar-refractivity contribution in [2.75, 3.05) is 25.6 Å². The minimum Gasteiger partial charge on any atom is -0.493 e. The highest BCUT2D eigenvalue weighted by molar-refractivity contribution is 6.18. The number of nitrogens with one attached hydrogen (secondary N) is 2. The van der Waals surface area contributed by atoms with Crippen molar-refractivity contribution in [3.05, 3.63) is 29.3 Å². The van der Waals surface area contributed by atoms with E-state index in [2.05, 4.69) is 10.6 Å². The van der Waals surface area contributed by atoms with Gasteiger partial charge in [0.1, 0.15) is 5.75 Å². The van der Waals surface area contributed by atoms with Crippen LogP contribution in [-0.2, 0) is 9.59 Å². The molecule has 0 spiro atoms. The maximum Gasteiger partial charge on any atom is 0.221 e. The summed E-state index contributed by atoms with van der Waals surface area (Å²) in [5, 5.41) is 5.44. The van der Waals surface area contributed by atoms with Crippen LogP contribution in [0.5, 0.6) is 5.75 Å². The number of halogens is 1. The van der Waals surface area contributed by atoms with Crippen molar-refractivity contribution in [1.82, 2.24) is 10.6 Å². The first-order valence-corrected chi connectivity index (χ1v) is 8.36. The number of benzene rings is 1. The molecule has 0 radical (unpaired) electrons. The summed E-state index contributed by atoms with van der Waals surface area (Å²) < 4.78 is 5.75. The first-order valence-electron chi connectivity index (χ1n) is 7.83. The molecule has 0 saturated heterocycles. The minimum absolute atomic E-state index is 0.0401. The van der Waals surface area contributed by atoms with Gasteiger partial charge in [-0.3, -0.25) is 9.59 Å². The molecule has 0 heterocycles. The number of carbonyl (C=O) groups is 2. The average molecular weight is 341 g/mol. The van der Waals surface area contributed by atoms with Crippen molar-refractivity contribution in [2.45, 2.75) is 33.1 Å². The SMILES string of the molecule is Cc1cccc(C)c1OCCCC(=O)NCCNC(=O)CCCl. The average Bonchev–Trinajstić information content (AvgIpc) is 2.50. The Labute approximate surface area is 142 Å². The highest BCUT2D eigenvalue weighted by Crippen LogP contribution is 2.22. The van der Waals surface area contributed by atoms with E-state index < -0.39 is 0 Å². The standard InChI is InChI=1S/C17H25ClN2O3/c1-13-5-3-6-14(2)17(13)23-12-4-7-15(21)19-10-11-20-16(22)8-9-18/h3,5-6H,4,7-12H2,1-2H3,(H,19,21)(H,20,22). The van der Waals surface area contributed by atoms with Crippen LogP contribution >= 0.6 is 11.6 Å². The molecule has 23 heavy (non-hydrogen) atoms. The van der Waals surface area contributed by atoms with Gasteiger partial charge in [-0.2, -0.15) is 0 Å². The van der Waals surface area contributed by atoms with Crippen molar-refractivity contribution in [3.8, 4) is 5.75 Å². The molecule has 2 N–H and O–H groups in total. The summed E-state index contributed by atoms with van der Waals surface area (Å²) in [6.07, 6.45) is 1.35. The Bertz CT molecular complexity index is 500. The summed E-state index contributed by atoms with van der Waals surface area (Å²) >= 11 is 5.45.